The summed E-state index contributed by atoms with van der Waals surface area (Å²) >= 11 is 1.56. The summed E-state index contributed by atoms with van der Waals surface area (Å²) in [6.45, 7) is 1.95. The molecule has 2 rings (SSSR count). The fourth-order valence-corrected chi connectivity index (χ4v) is 2.70. The van der Waals surface area contributed by atoms with Gasteiger partial charge in [0.25, 0.3) is 0 Å². The van der Waals surface area contributed by atoms with Crippen LogP contribution in [0.15, 0.2) is 16.7 Å². The zero-order valence-electron chi connectivity index (χ0n) is 7.69. The molecule has 5 heteroatoms. The quantitative estimate of drug-likeness (QED) is 0.777. The number of carboxylic acid groups (broad SMARTS) is 1. The van der Waals surface area contributed by atoms with E-state index in [0.29, 0.717) is 5.75 Å². The lowest BCUT2D eigenvalue weighted by atomic mass is 10.2. The molecule has 0 aromatic carbocycles. The zero-order valence-corrected chi connectivity index (χ0v) is 8.50. The van der Waals surface area contributed by atoms with Crippen LogP contribution in [-0.2, 0) is 4.79 Å². The molecular formula is C9H11NO3S. The van der Waals surface area contributed by atoms with Crippen molar-refractivity contribution in [3.05, 3.63) is 23.7 Å². The average Bonchev–Trinajstić information content (AvgIpc) is 2.71. The Hall–Kier alpha value is -0.940. The fraction of sp³-hybridized carbons (Fsp3) is 0.444. The Morgan fingerprint density at radius 3 is 3.07 bits per heavy atom. The van der Waals surface area contributed by atoms with E-state index in [1.807, 2.05) is 13.0 Å². The summed E-state index contributed by atoms with van der Waals surface area (Å²) in [7, 11) is 0. The third-order valence-corrected chi connectivity index (χ3v) is 3.43. The van der Waals surface area contributed by atoms with Crippen LogP contribution in [0, 0.1) is 6.92 Å². The van der Waals surface area contributed by atoms with Gasteiger partial charge in [-0.05, 0) is 18.6 Å². The van der Waals surface area contributed by atoms with Crippen LogP contribution in [0.3, 0.4) is 0 Å². The van der Waals surface area contributed by atoms with Crippen molar-refractivity contribution in [1.29, 1.82) is 0 Å². The van der Waals surface area contributed by atoms with Crippen LogP contribution in [-0.4, -0.2) is 22.9 Å². The summed E-state index contributed by atoms with van der Waals surface area (Å²) < 4.78 is 5.30. The minimum absolute atomic E-state index is 0.0221. The van der Waals surface area contributed by atoms with Crippen molar-refractivity contribution in [3.8, 4) is 0 Å². The smallest absolute Gasteiger partial charge is 0.321 e. The highest BCUT2D eigenvalue weighted by Gasteiger charge is 2.32. The highest BCUT2D eigenvalue weighted by molar-refractivity contribution is 7.99. The van der Waals surface area contributed by atoms with Gasteiger partial charge in [-0.2, -0.15) is 0 Å². The van der Waals surface area contributed by atoms with Gasteiger partial charge in [-0.15, -0.1) is 11.8 Å². The van der Waals surface area contributed by atoms with E-state index in [0.717, 1.165) is 11.3 Å². The summed E-state index contributed by atoms with van der Waals surface area (Å²) in [5.41, 5.74) is 1.06. The molecule has 1 saturated heterocycles. The predicted molar refractivity (Wildman–Crippen MR) is 53.2 cm³/mol. The molecule has 2 heterocycles. The first kappa shape index (κ1) is 9.61. The van der Waals surface area contributed by atoms with Gasteiger partial charge in [0.1, 0.15) is 17.2 Å². The topological polar surface area (TPSA) is 62.5 Å². The van der Waals surface area contributed by atoms with Crippen molar-refractivity contribution in [2.45, 2.75) is 18.3 Å². The number of aryl methyl sites for hydroxylation is 1. The Morgan fingerprint density at radius 1 is 1.79 bits per heavy atom. The van der Waals surface area contributed by atoms with E-state index < -0.39 is 12.0 Å². The van der Waals surface area contributed by atoms with Crippen molar-refractivity contribution in [1.82, 2.24) is 5.32 Å². The molecule has 4 nitrogen and oxygen atoms in total. The summed E-state index contributed by atoms with van der Waals surface area (Å²) in [5.74, 6) is 0.614. The van der Waals surface area contributed by atoms with E-state index in [2.05, 4.69) is 5.32 Å². The van der Waals surface area contributed by atoms with Crippen molar-refractivity contribution in [2.24, 2.45) is 0 Å². The fourth-order valence-electron chi connectivity index (χ4n) is 1.42. The van der Waals surface area contributed by atoms with Crippen LogP contribution in [0.25, 0.3) is 0 Å². The largest absolute Gasteiger partial charge is 0.480 e. The molecule has 0 spiro atoms. The number of furan rings is 1. The molecular weight excluding hydrogens is 202 g/mol. The van der Waals surface area contributed by atoms with E-state index in [-0.39, 0.29) is 5.37 Å². The Bertz CT molecular complexity index is 350. The molecule has 2 N–H and O–H groups in total. The van der Waals surface area contributed by atoms with Gasteiger partial charge in [-0.3, -0.25) is 10.1 Å². The van der Waals surface area contributed by atoms with E-state index in [1.54, 1.807) is 18.0 Å². The second-order valence-corrected chi connectivity index (χ2v) is 4.38. The molecule has 76 valence electrons. The van der Waals surface area contributed by atoms with Crippen molar-refractivity contribution in [2.75, 3.05) is 5.75 Å². The Balaban J connectivity index is 2.10. The Kier molecular flexibility index (Phi) is 2.52. The van der Waals surface area contributed by atoms with Crippen LogP contribution in [0.2, 0.25) is 0 Å². The predicted octanol–water partition coefficient (Wildman–Crippen LogP) is 1.38. The van der Waals surface area contributed by atoms with Crippen LogP contribution in [0.1, 0.15) is 16.7 Å². The van der Waals surface area contributed by atoms with Crippen molar-refractivity contribution >= 4 is 17.7 Å². The molecule has 1 fully saturated rings. The Morgan fingerprint density at radius 2 is 2.57 bits per heavy atom. The lowest BCUT2D eigenvalue weighted by Gasteiger charge is -2.08. The monoisotopic (exact) mass is 213 g/mol. The number of aliphatic carboxylic acids is 1. The lowest BCUT2D eigenvalue weighted by molar-refractivity contribution is -0.138. The number of carbonyl (C=O) groups is 1. The van der Waals surface area contributed by atoms with E-state index in [4.69, 9.17) is 9.52 Å². The maximum atomic E-state index is 10.7. The summed E-state index contributed by atoms with van der Waals surface area (Å²) in [5, 5.41) is 11.8. The number of hydrogen-bond acceptors (Lipinski definition) is 4. The third-order valence-electron chi connectivity index (χ3n) is 2.22. The van der Waals surface area contributed by atoms with Gasteiger partial charge in [-0.25, -0.2) is 0 Å². The van der Waals surface area contributed by atoms with E-state index in [1.165, 1.54) is 0 Å². The van der Waals surface area contributed by atoms with Gasteiger partial charge >= 0.3 is 5.97 Å². The van der Waals surface area contributed by atoms with Gasteiger partial charge < -0.3 is 9.52 Å². The molecule has 0 bridgehead atoms. The zero-order chi connectivity index (χ0) is 10.1. The highest BCUT2D eigenvalue weighted by atomic mass is 32.2. The van der Waals surface area contributed by atoms with E-state index in [9.17, 15) is 4.79 Å². The molecule has 0 radical (unpaired) electrons. The van der Waals surface area contributed by atoms with Gasteiger partial charge in [0, 0.05) is 5.75 Å². The van der Waals surface area contributed by atoms with Gasteiger partial charge in [0.15, 0.2) is 0 Å². The normalized spacial score (nSPS) is 26.6. The molecule has 2 atom stereocenters. The third kappa shape index (κ3) is 1.65. The highest BCUT2D eigenvalue weighted by Crippen LogP contribution is 2.34. The second kappa shape index (κ2) is 3.67. The summed E-state index contributed by atoms with van der Waals surface area (Å²) in [6.07, 6.45) is 1.63. The van der Waals surface area contributed by atoms with E-state index >= 15 is 0 Å². The average molecular weight is 213 g/mol. The van der Waals surface area contributed by atoms with Gasteiger partial charge in [0.2, 0.25) is 0 Å². The first-order valence-corrected chi connectivity index (χ1v) is 5.38. The summed E-state index contributed by atoms with van der Waals surface area (Å²) in [4.78, 5) is 10.7. The van der Waals surface area contributed by atoms with Crippen molar-refractivity contribution < 1.29 is 14.3 Å². The van der Waals surface area contributed by atoms with Crippen LogP contribution in [0.5, 0.6) is 0 Å². The molecule has 0 saturated carbocycles. The number of thioether (sulfide) groups is 1. The Labute approximate surface area is 85.7 Å². The SMILES string of the molecule is Cc1ccoc1C1N[C@H](C(=O)O)CS1. The summed E-state index contributed by atoms with van der Waals surface area (Å²) in [6, 6.07) is 1.42. The van der Waals surface area contributed by atoms with Crippen molar-refractivity contribution in [3.63, 3.8) is 0 Å². The minimum atomic E-state index is -0.802. The number of rotatable bonds is 2. The maximum absolute atomic E-state index is 10.7. The van der Waals surface area contributed by atoms with Crippen LogP contribution in [0.4, 0.5) is 0 Å². The minimum Gasteiger partial charge on any atom is -0.480 e. The van der Waals surface area contributed by atoms with Gasteiger partial charge in [-0.1, -0.05) is 0 Å². The van der Waals surface area contributed by atoms with Crippen LogP contribution < -0.4 is 5.32 Å². The number of nitrogens with one attached hydrogen (secondary N) is 1. The molecule has 0 amide bonds. The molecule has 1 aliphatic rings. The molecule has 0 aliphatic carbocycles. The molecule has 1 aliphatic heterocycles. The maximum Gasteiger partial charge on any atom is 0.321 e. The molecule has 1 aromatic heterocycles. The first-order chi connectivity index (χ1) is 6.68. The van der Waals surface area contributed by atoms with Gasteiger partial charge in [0.05, 0.1) is 6.26 Å². The number of hydrogen-bond donors (Lipinski definition) is 2. The molecule has 1 aromatic rings. The first-order valence-electron chi connectivity index (χ1n) is 4.33. The number of carboxylic acids is 1. The second-order valence-electron chi connectivity index (χ2n) is 3.24. The van der Waals surface area contributed by atoms with Crippen LogP contribution >= 0.6 is 11.8 Å². The molecule has 14 heavy (non-hydrogen) atoms. The molecule has 1 unspecified atom stereocenters. The standard InChI is InChI=1S/C9H11NO3S/c1-5-2-3-13-7(5)8-10-6(4-14-8)9(11)12/h2-3,6,8,10H,4H2,1H3,(H,11,12)/t6-,8?/m0/s1. The lowest BCUT2D eigenvalue weighted by Crippen LogP contribution is -2.33.